The Balaban J connectivity index is 0. The topological polar surface area (TPSA) is 35.8 Å². The largest absolute Gasteiger partial charge is 0.397 e. The van der Waals surface area contributed by atoms with Crippen molar-refractivity contribution in [3.8, 4) is 0 Å². The van der Waals surface area contributed by atoms with Gasteiger partial charge in [0, 0.05) is 26.1 Å². The summed E-state index contributed by atoms with van der Waals surface area (Å²) in [5, 5.41) is 13.1. The van der Waals surface area contributed by atoms with Crippen LogP contribution in [0.5, 0.6) is 0 Å². The molecule has 1 N–H and O–H groups in total. The van der Waals surface area contributed by atoms with Crippen molar-refractivity contribution in [1.82, 2.24) is 5.01 Å². The molecule has 0 bridgehead atoms. The van der Waals surface area contributed by atoms with E-state index in [9.17, 15) is 0 Å². The number of rotatable bonds is 5. The molecule has 0 aromatic heterocycles. The lowest BCUT2D eigenvalue weighted by Gasteiger charge is -2.17. The van der Waals surface area contributed by atoms with Crippen LogP contribution in [0.3, 0.4) is 0 Å². The average Bonchev–Trinajstić information content (AvgIpc) is 2.17. The minimum atomic E-state index is 0.250. The minimum Gasteiger partial charge on any atom is -0.397 e. The van der Waals surface area contributed by atoms with Crippen molar-refractivity contribution in [3.05, 3.63) is 12.3 Å². The van der Waals surface area contributed by atoms with E-state index in [2.05, 4.69) is 32.2 Å². The Kier molecular flexibility index (Phi) is 11.4. The lowest BCUT2D eigenvalue weighted by Crippen LogP contribution is -2.11. The maximum atomic E-state index is 7.57. The van der Waals surface area contributed by atoms with Crippen LogP contribution in [0.15, 0.2) is 17.4 Å². The second-order valence-electron chi connectivity index (χ2n) is 3.27. The highest BCUT2D eigenvalue weighted by Gasteiger charge is 2.04. The molecule has 0 aliphatic carbocycles. The van der Waals surface area contributed by atoms with Gasteiger partial charge in [0.2, 0.25) is 0 Å². The van der Waals surface area contributed by atoms with E-state index in [1.807, 2.05) is 7.05 Å². The van der Waals surface area contributed by atoms with Gasteiger partial charge in [0.25, 0.3) is 0 Å². The number of aliphatic hydroxyl groups is 1. The van der Waals surface area contributed by atoms with E-state index < -0.39 is 0 Å². The Labute approximate surface area is 88.1 Å². The van der Waals surface area contributed by atoms with Crippen molar-refractivity contribution >= 4 is 6.72 Å². The van der Waals surface area contributed by atoms with Crippen LogP contribution in [0.25, 0.3) is 0 Å². The Hall–Kier alpha value is -0.830. The molecule has 0 saturated heterocycles. The first-order valence-electron chi connectivity index (χ1n) is 5.02. The van der Waals surface area contributed by atoms with Crippen molar-refractivity contribution < 1.29 is 5.11 Å². The van der Waals surface area contributed by atoms with E-state index in [0.717, 1.165) is 12.1 Å². The molecule has 3 heteroatoms. The zero-order valence-corrected chi connectivity index (χ0v) is 9.95. The molecule has 0 aromatic carbocycles. The molecular formula is C11H24N2O. The van der Waals surface area contributed by atoms with Gasteiger partial charge in [0.15, 0.2) is 0 Å². The van der Waals surface area contributed by atoms with Crippen LogP contribution in [-0.4, -0.2) is 30.5 Å². The summed E-state index contributed by atoms with van der Waals surface area (Å²) >= 11 is 0. The fourth-order valence-corrected chi connectivity index (χ4v) is 0.779. The van der Waals surface area contributed by atoms with E-state index in [1.165, 1.54) is 6.42 Å². The van der Waals surface area contributed by atoms with Crippen LogP contribution in [-0.2, 0) is 0 Å². The van der Waals surface area contributed by atoms with Gasteiger partial charge in [0.1, 0.15) is 0 Å². The number of nitrogens with zero attached hydrogens (tertiary/aromatic N) is 2. The molecule has 0 spiro atoms. The Morgan fingerprint density at radius 3 is 2.21 bits per heavy atom. The summed E-state index contributed by atoms with van der Waals surface area (Å²) in [5.41, 5.74) is 1.04. The van der Waals surface area contributed by atoms with Crippen LogP contribution >= 0.6 is 0 Å². The van der Waals surface area contributed by atoms with Crippen molar-refractivity contribution in [3.63, 3.8) is 0 Å². The summed E-state index contributed by atoms with van der Waals surface area (Å²) in [7, 11) is 1.87. The summed E-state index contributed by atoms with van der Waals surface area (Å²) < 4.78 is 0. The van der Waals surface area contributed by atoms with Crippen LogP contribution < -0.4 is 0 Å². The maximum absolute atomic E-state index is 7.57. The summed E-state index contributed by atoms with van der Waals surface area (Å²) in [6, 6.07) is 0. The minimum absolute atomic E-state index is 0.250. The SMILES string of the molecule is C=NN(C)C(=C)CC(C)CC.CCO. The molecule has 0 saturated carbocycles. The lowest BCUT2D eigenvalue weighted by molar-refractivity contribution is 0.318. The molecule has 14 heavy (non-hydrogen) atoms. The van der Waals surface area contributed by atoms with E-state index in [4.69, 9.17) is 5.11 Å². The highest BCUT2D eigenvalue weighted by Crippen LogP contribution is 2.14. The molecule has 3 nitrogen and oxygen atoms in total. The number of hydrogen-bond acceptors (Lipinski definition) is 3. The van der Waals surface area contributed by atoms with Crippen LogP contribution in [0.2, 0.25) is 0 Å². The fraction of sp³-hybridized carbons (Fsp3) is 0.727. The Morgan fingerprint density at radius 2 is 1.93 bits per heavy atom. The Morgan fingerprint density at radius 1 is 1.50 bits per heavy atom. The highest BCUT2D eigenvalue weighted by atomic mass is 16.2. The van der Waals surface area contributed by atoms with Gasteiger partial charge in [-0.25, -0.2) is 0 Å². The Bertz CT molecular complexity index is 157. The first kappa shape index (κ1) is 15.6. The second-order valence-corrected chi connectivity index (χ2v) is 3.27. The van der Waals surface area contributed by atoms with E-state index in [0.29, 0.717) is 5.92 Å². The van der Waals surface area contributed by atoms with Gasteiger partial charge < -0.3 is 5.11 Å². The van der Waals surface area contributed by atoms with Gasteiger partial charge in [0.05, 0.1) is 0 Å². The van der Waals surface area contributed by atoms with E-state index in [-0.39, 0.29) is 6.61 Å². The van der Waals surface area contributed by atoms with Crippen molar-refractivity contribution in [2.75, 3.05) is 13.7 Å². The first-order valence-corrected chi connectivity index (χ1v) is 5.02. The molecule has 1 unspecified atom stereocenters. The van der Waals surface area contributed by atoms with E-state index in [1.54, 1.807) is 11.9 Å². The van der Waals surface area contributed by atoms with Gasteiger partial charge >= 0.3 is 0 Å². The second kappa shape index (κ2) is 10.3. The van der Waals surface area contributed by atoms with Gasteiger partial charge in [-0.1, -0.05) is 26.8 Å². The third-order valence-corrected chi connectivity index (χ3v) is 1.95. The third kappa shape index (κ3) is 9.26. The monoisotopic (exact) mass is 200 g/mol. The van der Waals surface area contributed by atoms with Gasteiger partial charge in [-0.3, -0.25) is 5.01 Å². The molecule has 0 aromatic rings. The normalized spacial score (nSPS) is 10.9. The molecule has 0 aliphatic rings. The first-order chi connectivity index (χ1) is 6.53. The van der Waals surface area contributed by atoms with Crippen molar-refractivity contribution in [2.24, 2.45) is 11.0 Å². The molecule has 0 rings (SSSR count). The van der Waals surface area contributed by atoms with Gasteiger partial charge in [-0.2, -0.15) is 5.10 Å². The average molecular weight is 200 g/mol. The van der Waals surface area contributed by atoms with Crippen LogP contribution in [0.4, 0.5) is 0 Å². The summed E-state index contributed by atoms with van der Waals surface area (Å²) in [6.07, 6.45) is 2.19. The molecule has 0 radical (unpaired) electrons. The van der Waals surface area contributed by atoms with Crippen LogP contribution in [0, 0.1) is 5.92 Å². The third-order valence-electron chi connectivity index (χ3n) is 1.95. The predicted octanol–water partition coefficient (Wildman–Crippen LogP) is 2.48. The number of aliphatic hydroxyl groups excluding tert-OH is 1. The fourth-order valence-electron chi connectivity index (χ4n) is 0.779. The van der Waals surface area contributed by atoms with Gasteiger partial charge in [-0.15, -0.1) is 0 Å². The summed E-state index contributed by atoms with van der Waals surface area (Å²) in [4.78, 5) is 0. The molecule has 1 atom stereocenters. The lowest BCUT2D eigenvalue weighted by atomic mass is 10.0. The smallest absolute Gasteiger partial charge is 0.0402 e. The van der Waals surface area contributed by atoms with Crippen LogP contribution in [0.1, 0.15) is 33.6 Å². The highest BCUT2D eigenvalue weighted by molar-refractivity contribution is 5.23. The number of allylic oxidation sites excluding steroid dienone is 1. The van der Waals surface area contributed by atoms with Gasteiger partial charge in [-0.05, 0) is 19.3 Å². The quantitative estimate of drug-likeness (QED) is 0.546. The molecular weight excluding hydrogens is 176 g/mol. The zero-order valence-electron chi connectivity index (χ0n) is 9.95. The molecule has 0 heterocycles. The molecule has 0 aliphatic heterocycles. The molecule has 0 fully saturated rings. The number of hydrogen-bond donors (Lipinski definition) is 1. The van der Waals surface area contributed by atoms with E-state index >= 15 is 0 Å². The number of hydrazone groups is 1. The standard InChI is InChI=1S/C9H18N2.C2H6O/c1-6-8(2)7-9(3)11(5)10-4;1-2-3/h8H,3-4,6-7H2,1-2,5H3;3H,2H2,1H3. The molecule has 0 amide bonds. The van der Waals surface area contributed by atoms with Crippen molar-refractivity contribution in [2.45, 2.75) is 33.6 Å². The summed E-state index contributed by atoms with van der Waals surface area (Å²) in [5.74, 6) is 0.687. The summed E-state index contributed by atoms with van der Waals surface area (Å²) in [6.45, 7) is 13.7. The zero-order chi connectivity index (χ0) is 11.6. The maximum Gasteiger partial charge on any atom is 0.0402 e. The molecule has 84 valence electrons. The predicted molar refractivity (Wildman–Crippen MR) is 63.3 cm³/mol. The van der Waals surface area contributed by atoms with Crippen molar-refractivity contribution in [1.29, 1.82) is 0 Å².